The average molecular weight is 287 g/mol. The number of nitrogens with zero attached hydrogens (tertiary/aromatic N) is 1. The third-order valence-corrected chi connectivity index (χ3v) is 4.30. The maximum Gasteiger partial charge on any atom is 0.309 e. The van der Waals surface area contributed by atoms with Crippen molar-refractivity contribution in [3.63, 3.8) is 0 Å². The first-order valence-electron chi connectivity index (χ1n) is 7.01. The van der Waals surface area contributed by atoms with Crippen LogP contribution in [0.4, 0.5) is 0 Å². The summed E-state index contributed by atoms with van der Waals surface area (Å²) in [6, 6.07) is -0.563. The highest BCUT2D eigenvalue weighted by atomic mass is 16.4. The van der Waals surface area contributed by atoms with E-state index in [-0.39, 0.29) is 18.3 Å². The van der Waals surface area contributed by atoms with Gasteiger partial charge in [0.25, 0.3) is 0 Å². The van der Waals surface area contributed by atoms with Crippen molar-refractivity contribution in [2.45, 2.75) is 51.4 Å². The Morgan fingerprint density at radius 3 is 2.30 bits per heavy atom. The van der Waals surface area contributed by atoms with Crippen LogP contribution in [0.15, 0.2) is 4.99 Å². The molecule has 1 rings (SSSR count). The number of rotatable bonds is 6. The molecule has 0 radical (unpaired) electrons. The van der Waals surface area contributed by atoms with Gasteiger partial charge >= 0.3 is 5.97 Å². The Balaban J connectivity index is 3.03. The first-order chi connectivity index (χ1) is 9.33. The first-order valence-corrected chi connectivity index (χ1v) is 7.01. The Kier molecular flexibility index (Phi) is 5.76. The fourth-order valence-electron chi connectivity index (χ4n) is 3.15. The zero-order valence-corrected chi connectivity index (χ0v) is 11.9. The molecule has 7 heteroatoms. The van der Waals surface area contributed by atoms with E-state index in [1.165, 1.54) is 0 Å². The van der Waals surface area contributed by atoms with Gasteiger partial charge in [-0.3, -0.25) is 4.79 Å². The van der Waals surface area contributed by atoms with Crippen molar-refractivity contribution >= 4 is 11.9 Å². The molecule has 1 saturated carbocycles. The summed E-state index contributed by atoms with van der Waals surface area (Å²) in [5.74, 6) is -2.86. The van der Waals surface area contributed by atoms with Crippen molar-refractivity contribution < 1.29 is 20.1 Å². The number of aliphatic imine (C=N–C) groups is 1. The van der Waals surface area contributed by atoms with Gasteiger partial charge < -0.3 is 26.8 Å². The van der Waals surface area contributed by atoms with Gasteiger partial charge in [-0.2, -0.15) is 0 Å². The van der Waals surface area contributed by atoms with Gasteiger partial charge in [-0.25, -0.2) is 4.99 Å². The Morgan fingerprint density at radius 1 is 1.35 bits per heavy atom. The summed E-state index contributed by atoms with van der Waals surface area (Å²) in [5, 5.41) is 29.8. The molecule has 20 heavy (non-hydrogen) atoms. The number of carboxylic acid groups (broad SMARTS) is 1. The molecule has 0 aromatic rings. The molecule has 7 N–H and O–H groups in total. The van der Waals surface area contributed by atoms with Crippen molar-refractivity contribution in [3.05, 3.63) is 0 Å². The summed E-state index contributed by atoms with van der Waals surface area (Å²) in [7, 11) is 0. The molecule has 1 fully saturated rings. The van der Waals surface area contributed by atoms with E-state index in [0.29, 0.717) is 0 Å². The number of guanidine groups is 1. The highest BCUT2D eigenvalue weighted by Crippen LogP contribution is 2.39. The topological polar surface area (TPSA) is 142 Å². The van der Waals surface area contributed by atoms with Gasteiger partial charge in [0.2, 0.25) is 0 Å². The lowest BCUT2D eigenvalue weighted by Crippen LogP contribution is -2.41. The van der Waals surface area contributed by atoms with Crippen LogP contribution in [0.25, 0.3) is 0 Å². The Hall–Kier alpha value is -1.34. The zero-order chi connectivity index (χ0) is 15.4. The second-order valence-corrected chi connectivity index (χ2v) is 5.44. The molecule has 116 valence electrons. The van der Waals surface area contributed by atoms with E-state index >= 15 is 0 Å². The number of aliphatic hydroxyl groups excluding tert-OH is 2. The van der Waals surface area contributed by atoms with Gasteiger partial charge in [0.15, 0.2) is 5.96 Å². The van der Waals surface area contributed by atoms with Crippen molar-refractivity contribution in [1.29, 1.82) is 0 Å². The largest absolute Gasteiger partial charge is 0.481 e. The third kappa shape index (κ3) is 3.40. The predicted molar refractivity (Wildman–Crippen MR) is 74.9 cm³/mol. The Bertz CT molecular complexity index is 367. The second-order valence-electron chi connectivity index (χ2n) is 5.44. The van der Waals surface area contributed by atoms with Crippen molar-refractivity contribution in [1.82, 2.24) is 0 Å². The highest BCUT2D eigenvalue weighted by Gasteiger charge is 2.50. The fourth-order valence-corrected chi connectivity index (χ4v) is 3.15. The number of hydrogen-bond acceptors (Lipinski definition) is 4. The lowest BCUT2D eigenvalue weighted by Gasteiger charge is -2.30. The quantitative estimate of drug-likeness (QED) is 0.329. The van der Waals surface area contributed by atoms with Crippen molar-refractivity contribution in [2.24, 2.45) is 34.2 Å². The fraction of sp³-hybridized carbons (Fsp3) is 0.846. The molecule has 0 aromatic carbocycles. The lowest BCUT2D eigenvalue weighted by atomic mass is 9.83. The Labute approximate surface area is 118 Å². The van der Waals surface area contributed by atoms with E-state index < -0.39 is 36.1 Å². The number of carboxylic acids is 1. The second kappa shape index (κ2) is 6.90. The summed E-state index contributed by atoms with van der Waals surface area (Å²) in [4.78, 5) is 15.2. The van der Waals surface area contributed by atoms with E-state index in [0.717, 1.165) is 12.8 Å². The Morgan fingerprint density at radius 2 is 1.90 bits per heavy atom. The summed E-state index contributed by atoms with van der Waals surface area (Å²) < 4.78 is 0. The standard InChI is InChI=1S/C13H25N3O4/c1-3-6(4-2)10(17)9-8(16-13(14)15)5-7(11(9)18)12(19)20/h6-11,17-18H,3-5H2,1-2H3,(H,19,20)(H4,14,15,16)/t7-,8+,9+,10-,11+/m0/s1. The molecule has 0 amide bonds. The third-order valence-electron chi connectivity index (χ3n) is 4.30. The normalized spacial score (nSPS) is 31.2. The smallest absolute Gasteiger partial charge is 0.309 e. The molecule has 1 aliphatic carbocycles. The molecule has 7 nitrogen and oxygen atoms in total. The maximum atomic E-state index is 11.2. The molecule has 0 bridgehead atoms. The van der Waals surface area contributed by atoms with Gasteiger partial charge in [-0.05, 0) is 12.3 Å². The number of aliphatic hydroxyl groups is 2. The van der Waals surface area contributed by atoms with E-state index in [1.807, 2.05) is 13.8 Å². The van der Waals surface area contributed by atoms with Crippen LogP contribution in [0.5, 0.6) is 0 Å². The van der Waals surface area contributed by atoms with Gasteiger partial charge in [-0.15, -0.1) is 0 Å². The van der Waals surface area contributed by atoms with Crippen LogP contribution in [-0.2, 0) is 4.79 Å². The minimum atomic E-state index is -1.14. The minimum absolute atomic E-state index is 0.0149. The van der Waals surface area contributed by atoms with E-state index in [9.17, 15) is 15.0 Å². The average Bonchev–Trinajstić information content (AvgIpc) is 2.66. The van der Waals surface area contributed by atoms with Crippen LogP contribution < -0.4 is 11.5 Å². The minimum Gasteiger partial charge on any atom is -0.481 e. The SMILES string of the molecule is CCC(CC)[C@H](O)[C@@H]1[C@H](O)[C@@H](C(=O)O)C[C@H]1N=C(N)N. The molecule has 0 saturated heterocycles. The van der Waals surface area contributed by atoms with Gasteiger partial charge in [0.1, 0.15) is 0 Å². The zero-order valence-electron chi connectivity index (χ0n) is 11.9. The molecule has 0 aromatic heterocycles. The molecule has 1 aliphatic rings. The van der Waals surface area contributed by atoms with E-state index in [4.69, 9.17) is 16.6 Å². The van der Waals surface area contributed by atoms with Crippen LogP contribution in [0, 0.1) is 17.8 Å². The highest BCUT2D eigenvalue weighted by molar-refractivity contribution is 5.76. The summed E-state index contributed by atoms with van der Waals surface area (Å²) >= 11 is 0. The van der Waals surface area contributed by atoms with E-state index in [2.05, 4.69) is 4.99 Å². The molecule has 0 heterocycles. The number of carbonyl (C=O) groups is 1. The van der Waals surface area contributed by atoms with Crippen LogP contribution >= 0.6 is 0 Å². The van der Waals surface area contributed by atoms with E-state index in [1.54, 1.807) is 0 Å². The summed E-state index contributed by atoms with van der Waals surface area (Å²) in [5.41, 5.74) is 10.7. The van der Waals surface area contributed by atoms with Crippen LogP contribution in [0.2, 0.25) is 0 Å². The predicted octanol–water partition coefficient (Wildman–Crippen LogP) is -0.493. The van der Waals surface area contributed by atoms with Crippen LogP contribution in [-0.4, -0.2) is 45.5 Å². The van der Waals surface area contributed by atoms with Gasteiger partial charge in [-0.1, -0.05) is 26.7 Å². The van der Waals surface area contributed by atoms with Crippen LogP contribution in [0.1, 0.15) is 33.1 Å². The molecular formula is C13H25N3O4. The summed E-state index contributed by atoms with van der Waals surface area (Å²) in [6.07, 6.45) is -0.343. The number of aliphatic carboxylic acids is 1. The molecule has 5 atom stereocenters. The van der Waals surface area contributed by atoms with Crippen molar-refractivity contribution in [2.75, 3.05) is 0 Å². The molecule has 0 aliphatic heterocycles. The van der Waals surface area contributed by atoms with Gasteiger partial charge in [0, 0.05) is 5.92 Å². The number of hydrogen-bond donors (Lipinski definition) is 5. The molecule has 0 spiro atoms. The summed E-state index contributed by atoms with van der Waals surface area (Å²) in [6.45, 7) is 3.89. The lowest BCUT2D eigenvalue weighted by molar-refractivity contribution is -0.145. The van der Waals surface area contributed by atoms with Crippen LogP contribution in [0.3, 0.4) is 0 Å². The monoisotopic (exact) mass is 287 g/mol. The van der Waals surface area contributed by atoms with Gasteiger partial charge in [0.05, 0.1) is 24.2 Å². The van der Waals surface area contributed by atoms with Crippen molar-refractivity contribution in [3.8, 4) is 0 Å². The maximum absolute atomic E-state index is 11.2. The number of nitrogens with two attached hydrogens (primary N) is 2. The molecular weight excluding hydrogens is 262 g/mol. The first kappa shape index (κ1) is 16.7. The molecule has 0 unspecified atom stereocenters.